The number of hydrogen-bond acceptors (Lipinski definition) is 2. The van der Waals surface area contributed by atoms with Crippen molar-refractivity contribution in [1.82, 2.24) is 0 Å². The van der Waals surface area contributed by atoms with Gasteiger partial charge in [-0.3, -0.25) is 0 Å². The van der Waals surface area contributed by atoms with Gasteiger partial charge in [0, 0.05) is 6.61 Å². The molecule has 0 fully saturated rings. The van der Waals surface area contributed by atoms with E-state index in [0.717, 1.165) is 0 Å². The lowest BCUT2D eigenvalue weighted by molar-refractivity contribution is -0.106. The molecule has 0 aliphatic carbocycles. The quantitative estimate of drug-likeness (QED) is 0.533. The van der Waals surface area contributed by atoms with Gasteiger partial charge in [0.15, 0.2) is 14.6 Å². The zero-order chi connectivity index (χ0) is 12.3. The molecule has 2 atom stereocenters. The van der Waals surface area contributed by atoms with Crippen LogP contribution < -0.4 is 0 Å². The molecular weight excluding hydrogens is 227 g/mol. The maximum atomic E-state index is 14.1. The second-order valence-electron chi connectivity index (χ2n) is 5.82. The summed E-state index contributed by atoms with van der Waals surface area (Å²) < 4.78 is 25.2. The van der Waals surface area contributed by atoms with Gasteiger partial charge < -0.3 is 9.16 Å². The highest BCUT2D eigenvalue weighted by Crippen LogP contribution is 2.21. The number of rotatable bonds is 6. The van der Waals surface area contributed by atoms with Gasteiger partial charge in [0.25, 0.3) is 0 Å². The Labute approximate surface area is 95.3 Å². The molecule has 0 bridgehead atoms. The van der Waals surface area contributed by atoms with E-state index in [2.05, 4.69) is 19.6 Å². The maximum absolute atomic E-state index is 14.1. The number of ether oxygens (including phenoxy) is 1. The van der Waals surface area contributed by atoms with Gasteiger partial charge in [-0.2, -0.15) is 0 Å². The van der Waals surface area contributed by atoms with Gasteiger partial charge in [-0.1, -0.05) is 19.6 Å². The molecule has 0 aromatic heterocycles. The summed E-state index contributed by atoms with van der Waals surface area (Å²) in [6.07, 6.45) is -0.659. The molecule has 0 rings (SSSR count). The van der Waals surface area contributed by atoms with Gasteiger partial charge in [-0.05, 0) is 26.6 Å². The van der Waals surface area contributed by atoms with Gasteiger partial charge >= 0.3 is 0 Å². The van der Waals surface area contributed by atoms with Crippen LogP contribution in [0.5, 0.6) is 0 Å². The van der Waals surface area contributed by atoms with Gasteiger partial charge in [0.2, 0.25) is 0 Å². The van der Waals surface area contributed by atoms with Crippen LogP contribution in [0.3, 0.4) is 0 Å². The van der Waals surface area contributed by atoms with Crippen LogP contribution in [0, 0.1) is 0 Å². The Hall–Kier alpha value is 0.284. The van der Waals surface area contributed by atoms with Crippen LogP contribution in [-0.2, 0) is 9.16 Å². The van der Waals surface area contributed by atoms with Crippen molar-refractivity contribution in [2.24, 2.45) is 0 Å². The van der Waals surface area contributed by atoms with E-state index in [0.29, 0.717) is 6.61 Å². The zero-order valence-corrected chi connectivity index (χ0v) is 13.1. The van der Waals surface area contributed by atoms with E-state index in [4.69, 9.17) is 9.16 Å². The molecule has 0 N–H and O–H groups in total. The second kappa shape index (κ2) is 5.56. The van der Waals surface area contributed by atoms with Gasteiger partial charge in [0.1, 0.15) is 5.79 Å². The van der Waals surface area contributed by atoms with E-state index in [-0.39, 0.29) is 0 Å². The molecule has 0 radical (unpaired) electrons. The van der Waals surface area contributed by atoms with E-state index >= 15 is 0 Å². The monoisotopic (exact) mass is 252 g/mol. The molecule has 0 aromatic carbocycles. The van der Waals surface area contributed by atoms with Crippen LogP contribution in [0.1, 0.15) is 6.92 Å². The fraction of sp³-hybridized carbons (Fsp3) is 1.00. The molecule has 5 heteroatoms. The predicted molar refractivity (Wildman–Crippen MR) is 68.1 cm³/mol. The first-order valence-corrected chi connectivity index (χ1v) is 12.5. The Balaban J connectivity index is 4.52. The smallest absolute Gasteiger partial charge is 0.187 e. The summed E-state index contributed by atoms with van der Waals surface area (Å²) in [5, 5.41) is 0. The lowest BCUT2D eigenvalue weighted by Gasteiger charge is -2.33. The van der Waals surface area contributed by atoms with Crippen molar-refractivity contribution in [3.63, 3.8) is 0 Å². The van der Waals surface area contributed by atoms with Crippen LogP contribution in [-0.4, -0.2) is 35.1 Å². The summed E-state index contributed by atoms with van der Waals surface area (Å²) in [6, 6.07) is 0. The van der Waals surface area contributed by atoms with Crippen LogP contribution in [0.4, 0.5) is 4.39 Å². The minimum Gasteiger partial charge on any atom is -0.391 e. The average molecular weight is 252 g/mol. The largest absolute Gasteiger partial charge is 0.391 e. The van der Waals surface area contributed by atoms with Crippen molar-refractivity contribution in [1.29, 1.82) is 0 Å². The average Bonchev–Trinajstić information content (AvgIpc) is 1.98. The van der Waals surface area contributed by atoms with Crippen molar-refractivity contribution < 1.29 is 13.6 Å². The standard InChI is InChI=1S/C10H25FO2Si2/c1-8-12-10(13-15(5,6)7)9(11)14(2,3)4/h9-10H,8H2,1-7H3. The van der Waals surface area contributed by atoms with Gasteiger partial charge in [0.05, 0.1) is 8.07 Å². The van der Waals surface area contributed by atoms with Crippen LogP contribution in [0.15, 0.2) is 0 Å². The summed E-state index contributed by atoms with van der Waals surface area (Å²) in [7, 11) is -3.60. The minimum absolute atomic E-state index is 0.500. The summed E-state index contributed by atoms with van der Waals surface area (Å²) in [4.78, 5) is 0. The third-order valence-electron chi connectivity index (χ3n) is 1.87. The molecule has 92 valence electrons. The first-order valence-electron chi connectivity index (χ1n) is 5.51. The molecular formula is C10H25FO2Si2. The van der Waals surface area contributed by atoms with Crippen molar-refractivity contribution in [2.45, 2.75) is 58.3 Å². The highest BCUT2D eigenvalue weighted by Gasteiger charge is 2.37. The van der Waals surface area contributed by atoms with E-state index in [1.54, 1.807) is 0 Å². The number of hydrogen-bond donors (Lipinski definition) is 0. The maximum Gasteiger partial charge on any atom is 0.187 e. The molecule has 0 heterocycles. The lowest BCUT2D eigenvalue weighted by Crippen LogP contribution is -2.49. The molecule has 0 saturated heterocycles. The van der Waals surface area contributed by atoms with Crippen molar-refractivity contribution in [2.75, 3.05) is 6.61 Å². The van der Waals surface area contributed by atoms with E-state index in [1.165, 1.54) is 0 Å². The Morgan fingerprint density at radius 2 is 1.53 bits per heavy atom. The molecule has 2 nitrogen and oxygen atoms in total. The van der Waals surface area contributed by atoms with Gasteiger partial charge in [-0.25, -0.2) is 4.39 Å². The molecule has 0 spiro atoms. The second-order valence-corrected chi connectivity index (χ2v) is 15.6. The summed E-state index contributed by atoms with van der Waals surface area (Å²) >= 11 is 0. The Kier molecular flexibility index (Phi) is 5.67. The third-order valence-corrected chi connectivity index (χ3v) is 4.73. The topological polar surface area (TPSA) is 18.5 Å². The van der Waals surface area contributed by atoms with Crippen molar-refractivity contribution in [3.8, 4) is 0 Å². The number of halogens is 1. The molecule has 0 aromatic rings. The van der Waals surface area contributed by atoms with Crippen LogP contribution in [0.2, 0.25) is 39.3 Å². The first-order chi connectivity index (χ1) is 6.58. The fourth-order valence-electron chi connectivity index (χ4n) is 1.10. The third kappa shape index (κ3) is 6.45. The van der Waals surface area contributed by atoms with E-state index in [9.17, 15) is 4.39 Å². The normalized spacial score (nSPS) is 17.6. The predicted octanol–water partition coefficient (Wildman–Crippen LogP) is 3.42. The number of alkyl halides is 1. The van der Waals surface area contributed by atoms with Crippen molar-refractivity contribution in [3.05, 3.63) is 0 Å². The SMILES string of the molecule is CCOC(O[Si](C)(C)C)C(F)[Si](C)(C)C. The van der Waals surface area contributed by atoms with Gasteiger partial charge in [-0.15, -0.1) is 0 Å². The molecule has 0 saturated carbocycles. The fourth-order valence-corrected chi connectivity index (χ4v) is 3.10. The van der Waals surface area contributed by atoms with E-state index < -0.39 is 28.5 Å². The lowest BCUT2D eigenvalue weighted by atomic mass is 10.7. The Morgan fingerprint density at radius 1 is 1.07 bits per heavy atom. The summed E-state index contributed by atoms with van der Waals surface area (Å²) in [5.74, 6) is -0.954. The zero-order valence-electron chi connectivity index (χ0n) is 11.1. The molecule has 2 unspecified atom stereocenters. The highest BCUT2D eigenvalue weighted by molar-refractivity contribution is 6.77. The summed E-state index contributed by atoms with van der Waals surface area (Å²) in [6.45, 7) is 14.5. The minimum atomic E-state index is -1.86. The molecule has 0 aliphatic heterocycles. The first kappa shape index (κ1) is 15.3. The van der Waals surface area contributed by atoms with E-state index in [1.807, 2.05) is 26.6 Å². The molecule has 0 aliphatic rings. The van der Waals surface area contributed by atoms with Crippen molar-refractivity contribution >= 4 is 16.4 Å². The van der Waals surface area contributed by atoms with Crippen LogP contribution >= 0.6 is 0 Å². The molecule has 0 amide bonds. The molecule has 15 heavy (non-hydrogen) atoms. The van der Waals surface area contributed by atoms with Crippen LogP contribution in [0.25, 0.3) is 0 Å². The highest BCUT2D eigenvalue weighted by atomic mass is 28.4. The Bertz CT molecular complexity index is 187. The summed E-state index contributed by atoms with van der Waals surface area (Å²) in [5.41, 5.74) is 0. The Morgan fingerprint density at radius 3 is 1.80 bits per heavy atom.